The minimum Gasteiger partial charge on any atom is -0.465 e. The van der Waals surface area contributed by atoms with E-state index in [2.05, 4.69) is 4.98 Å². The maximum atomic E-state index is 12.2. The Balaban J connectivity index is 1.96. The highest BCUT2D eigenvalue weighted by Crippen LogP contribution is 2.32. The summed E-state index contributed by atoms with van der Waals surface area (Å²) in [7, 11) is 0. The number of fused-ring (bicyclic) bond motifs is 1. The molecule has 23 heavy (non-hydrogen) atoms. The maximum absolute atomic E-state index is 12.2. The molecule has 0 N–H and O–H groups in total. The summed E-state index contributed by atoms with van der Waals surface area (Å²) in [5.74, 6) is -1.86. The second-order valence-corrected chi connectivity index (χ2v) is 4.99. The Morgan fingerprint density at radius 1 is 1.13 bits per heavy atom. The number of Topliss-reactive ketones (excluding diaryl/α,β-unsaturated/α-hetero) is 1. The lowest BCUT2D eigenvalue weighted by molar-refractivity contribution is -0.142. The highest BCUT2D eigenvalue weighted by atomic mass is 16.5. The van der Waals surface area contributed by atoms with Crippen LogP contribution in [0, 0.1) is 0 Å². The minimum absolute atomic E-state index is 0.225. The number of hydrogen-bond acceptors (Lipinski definition) is 5. The SMILES string of the molecule is CCOC(=O)CN1C(=O)C(=O)c2cc(-c3ccncc3)ccc21. The molecule has 1 aromatic carbocycles. The summed E-state index contributed by atoms with van der Waals surface area (Å²) < 4.78 is 4.84. The predicted molar refractivity (Wildman–Crippen MR) is 83.0 cm³/mol. The van der Waals surface area contributed by atoms with Crippen LogP contribution in [0.4, 0.5) is 5.69 Å². The summed E-state index contributed by atoms with van der Waals surface area (Å²) in [6, 6.07) is 8.78. The molecule has 0 radical (unpaired) electrons. The topological polar surface area (TPSA) is 76.6 Å². The summed E-state index contributed by atoms with van der Waals surface area (Å²) in [6.07, 6.45) is 3.31. The molecule has 0 saturated heterocycles. The molecule has 1 aliphatic rings. The second kappa shape index (κ2) is 6.00. The molecule has 1 aliphatic heterocycles. The summed E-state index contributed by atoms with van der Waals surface area (Å²) in [5, 5.41) is 0. The van der Waals surface area contributed by atoms with Crippen molar-refractivity contribution >= 4 is 23.3 Å². The third-order valence-electron chi connectivity index (χ3n) is 3.58. The van der Waals surface area contributed by atoms with Gasteiger partial charge >= 0.3 is 5.97 Å². The zero-order valence-electron chi connectivity index (χ0n) is 12.5. The van der Waals surface area contributed by atoms with Gasteiger partial charge in [-0.15, -0.1) is 0 Å². The Bertz CT molecular complexity index is 786. The number of amides is 1. The lowest BCUT2D eigenvalue weighted by Gasteiger charge is -2.15. The fourth-order valence-corrected chi connectivity index (χ4v) is 2.52. The van der Waals surface area contributed by atoms with Gasteiger partial charge in [-0.2, -0.15) is 0 Å². The smallest absolute Gasteiger partial charge is 0.326 e. The van der Waals surface area contributed by atoms with Gasteiger partial charge in [-0.1, -0.05) is 6.07 Å². The van der Waals surface area contributed by atoms with Gasteiger partial charge in [0.15, 0.2) is 0 Å². The minimum atomic E-state index is -0.708. The van der Waals surface area contributed by atoms with Gasteiger partial charge in [-0.05, 0) is 42.3 Å². The number of carbonyl (C=O) groups excluding carboxylic acids is 3. The van der Waals surface area contributed by atoms with Crippen molar-refractivity contribution in [3.63, 3.8) is 0 Å². The number of aromatic nitrogens is 1. The van der Waals surface area contributed by atoms with Crippen molar-refractivity contribution in [1.82, 2.24) is 4.98 Å². The van der Waals surface area contributed by atoms with E-state index in [-0.39, 0.29) is 13.2 Å². The molecule has 0 aliphatic carbocycles. The van der Waals surface area contributed by atoms with Crippen molar-refractivity contribution in [2.75, 3.05) is 18.1 Å². The average Bonchev–Trinajstić information content (AvgIpc) is 2.80. The zero-order valence-corrected chi connectivity index (χ0v) is 12.5. The first-order valence-corrected chi connectivity index (χ1v) is 7.18. The van der Waals surface area contributed by atoms with E-state index in [0.717, 1.165) is 16.0 Å². The molecule has 1 aromatic heterocycles. The van der Waals surface area contributed by atoms with Gasteiger partial charge in [0.1, 0.15) is 6.54 Å². The molecule has 3 rings (SSSR count). The maximum Gasteiger partial charge on any atom is 0.326 e. The largest absolute Gasteiger partial charge is 0.465 e. The average molecular weight is 310 g/mol. The fourth-order valence-electron chi connectivity index (χ4n) is 2.52. The van der Waals surface area contributed by atoms with E-state index in [4.69, 9.17) is 4.74 Å². The van der Waals surface area contributed by atoms with Crippen molar-refractivity contribution in [2.45, 2.75) is 6.92 Å². The fraction of sp³-hybridized carbons (Fsp3) is 0.176. The number of anilines is 1. The Hall–Kier alpha value is -3.02. The first-order valence-electron chi connectivity index (χ1n) is 7.18. The molecule has 2 aromatic rings. The Labute approximate surface area is 132 Å². The van der Waals surface area contributed by atoms with E-state index in [1.54, 1.807) is 37.5 Å². The highest BCUT2D eigenvalue weighted by molar-refractivity contribution is 6.52. The molecule has 2 heterocycles. The number of benzene rings is 1. The molecule has 0 saturated carbocycles. The Kier molecular flexibility index (Phi) is 3.89. The quantitative estimate of drug-likeness (QED) is 0.636. The molecule has 0 fully saturated rings. The van der Waals surface area contributed by atoms with Gasteiger partial charge in [0.25, 0.3) is 11.7 Å². The lowest BCUT2D eigenvalue weighted by atomic mass is 10.0. The van der Waals surface area contributed by atoms with Gasteiger partial charge in [0.05, 0.1) is 17.9 Å². The standard InChI is InChI=1S/C17H14N2O4/c1-2-23-15(20)10-19-14-4-3-12(11-5-7-18-8-6-11)9-13(14)16(21)17(19)22/h3-9H,2,10H2,1H3. The number of nitrogens with zero attached hydrogens (tertiary/aromatic N) is 2. The van der Waals surface area contributed by atoms with Crippen LogP contribution in [-0.2, 0) is 14.3 Å². The molecule has 6 nitrogen and oxygen atoms in total. The molecule has 6 heteroatoms. The predicted octanol–water partition coefficient (Wildman–Crippen LogP) is 1.84. The van der Waals surface area contributed by atoms with E-state index < -0.39 is 17.7 Å². The third-order valence-corrected chi connectivity index (χ3v) is 3.58. The number of carbonyl (C=O) groups is 3. The Morgan fingerprint density at radius 2 is 1.87 bits per heavy atom. The van der Waals surface area contributed by atoms with Crippen LogP contribution >= 0.6 is 0 Å². The van der Waals surface area contributed by atoms with Crippen LogP contribution in [0.25, 0.3) is 11.1 Å². The van der Waals surface area contributed by atoms with Crippen molar-refractivity contribution in [2.24, 2.45) is 0 Å². The van der Waals surface area contributed by atoms with Crippen molar-refractivity contribution in [3.05, 3.63) is 48.3 Å². The first kappa shape index (κ1) is 14.9. The van der Waals surface area contributed by atoms with E-state index in [1.165, 1.54) is 0 Å². The van der Waals surface area contributed by atoms with Crippen LogP contribution < -0.4 is 4.90 Å². The second-order valence-electron chi connectivity index (χ2n) is 4.99. The van der Waals surface area contributed by atoms with Crippen LogP contribution in [0.2, 0.25) is 0 Å². The number of pyridine rings is 1. The molecular formula is C17H14N2O4. The van der Waals surface area contributed by atoms with Crippen molar-refractivity contribution < 1.29 is 19.1 Å². The van der Waals surface area contributed by atoms with Crippen LogP contribution in [0.3, 0.4) is 0 Å². The number of hydrogen-bond donors (Lipinski definition) is 0. The van der Waals surface area contributed by atoms with Crippen LogP contribution in [0.5, 0.6) is 0 Å². The van der Waals surface area contributed by atoms with Gasteiger partial charge in [-0.3, -0.25) is 24.3 Å². The van der Waals surface area contributed by atoms with Crippen molar-refractivity contribution in [1.29, 1.82) is 0 Å². The van der Waals surface area contributed by atoms with Crippen molar-refractivity contribution in [3.8, 4) is 11.1 Å². The Morgan fingerprint density at radius 3 is 2.57 bits per heavy atom. The van der Waals surface area contributed by atoms with Crippen LogP contribution in [0.15, 0.2) is 42.7 Å². The number of esters is 1. The number of ether oxygens (including phenoxy) is 1. The van der Waals surface area contributed by atoms with E-state index >= 15 is 0 Å². The number of rotatable bonds is 4. The molecule has 116 valence electrons. The summed E-state index contributed by atoms with van der Waals surface area (Å²) >= 11 is 0. The molecule has 1 amide bonds. The first-order chi connectivity index (χ1) is 11.1. The number of ketones is 1. The van der Waals surface area contributed by atoms with E-state index in [1.807, 2.05) is 12.1 Å². The van der Waals surface area contributed by atoms with E-state index in [9.17, 15) is 14.4 Å². The highest BCUT2D eigenvalue weighted by Gasteiger charge is 2.37. The lowest BCUT2D eigenvalue weighted by Crippen LogP contribution is -2.35. The summed E-state index contributed by atoms with van der Waals surface area (Å²) in [6.45, 7) is 1.65. The zero-order chi connectivity index (χ0) is 16.4. The van der Waals surface area contributed by atoms with Gasteiger partial charge < -0.3 is 4.74 Å². The summed E-state index contributed by atoms with van der Waals surface area (Å²) in [4.78, 5) is 41.0. The molecule has 0 atom stereocenters. The monoisotopic (exact) mass is 310 g/mol. The van der Waals surface area contributed by atoms with Crippen LogP contribution in [-0.4, -0.2) is 35.8 Å². The third kappa shape index (κ3) is 2.70. The molecular weight excluding hydrogens is 296 g/mol. The van der Waals surface area contributed by atoms with Gasteiger partial charge in [0, 0.05) is 12.4 Å². The molecule has 0 bridgehead atoms. The van der Waals surface area contributed by atoms with Crippen LogP contribution in [0.1, 0.15) is 17.3 Å². The van der Waals surface area contributed by atoms with Gasteiger partial charge in [0.2, 0.25) is 0 Å². The normalized spacial score (nSPS) is 13.2. The summed E-state index contributed by atoms with van der Waals surface area (Å²) in [5.41, 5.74) is 2.44. The molecule has 0 unspecified atom stereocenters. The van der Waals surface area contributed by atoms with E-state index in [0.29, 0.717) is 11.3 Å². The van der Waals surface area contributed by atoms with Gasteiger partial charge in [-0.25, -0.2) is 0 Å². The molecule has 0 spiro atoms.